The fraction of sp³-hybridized carbons (Fsp3) is 0.200. The maximum Gasteiger partial charge on any atom is 0.223 e. The summed E-state index contributed by atoms with van der Waals surface area (Å²) in [5.74, 6) is 1.67. The molecule has 16 heavy (non-hydrogen) atoms. The number of rotatable bonds is 3. The molecule has 2 heterocycles. The third-order valence-electron chi connectivity index (χ3n) is 2.06. The first-order valence-corrected chi connectivity index (χ1v) is 5.06. The molecule has 0 spiro atoms. The maximum atomic E-state index is 5.79. The Kier molecular flexibility index (Phi) is 2.96. The Hall–Kier alpha value is -1.75. The Labute approximate surface area is 97.9 Å². The largest absolute Gasteiger partial charge is 0.467 e. The molecule has 0 saturated carbocycles. The van der Waals surface area contributed by atoms with Crippen LogP contribution in [0.15, 0.2) is 28.9 Å². The van der Waals surface area contributed by atoms with Crippen molar-refractivity contribution in [2.75, 3.05) is 17.7 Å². The first kappa shape index (κ1) is 10.8. The number of anilines is 2. The van der Waals surface area contributed by atoms with E-state index in [2.05, 4.69) is 9.97 Å². The molecule has 0 aliphatic carbocycles. The molecular formula is C10H11ClN4O. The van der Waals surface area contributed by atoms with Crippen molar-refractivity contribution in [2.24, 2.45) is 0 Å². The molecule has 0 aliphatic heterocycles. The number of nitrogens with zero attached hydrogens (tertiary/aromatic N) is 3. The number of hydrogen-bond donors (Lipinski definition) is 1. The van der Waals surface area contributed by atoms with Crippen molar-refractivity contribution in [3.05, 3.63) is 35.4 Å². The molecule has 84 valence electrons. The van der Waals surface area contributed by atoms with Crippen LogP contribution in [0, 0.1) is 0 Å². The molecule has 0 saturated heterocycles. The standard InChI is InChI=1S/C10H11ClN4O/c1-15(6-7-3-2-4-16-7)9-5-8(11)13-10(12)14-9/h2-5H,6H2,1H3,(H2,12,13,14). The summed E-state index contributed by atoms with van der Waals surface area (Å²) in [5.41, 5.74) is 5.51. The van der Waals surface area contributed by atoms with Crippen molar-refractivity contribution in [1.82, 2.24) is 9.97 Å². The van der Waals surface area contributed by atoms with Crippen LogP contribution in [0.1, 0.15) is 5.76 Å². The highest BCUT2D eigenvalue weighted by Crippen LogP contribution is 2.17. The Balaban J connectivity index is 2.17. The van der Waals surface area contributed by atoms with Gasteiger partial charge in [-0.2, -0.15) is 4.98 Å². The van der Waals surface area contributed by atoms with Gasteiger partial charge >= 0.3 is 0 Å². The quantitative estimate of drug-likeness (QED) is 0.828. The lowest BCUT2D eigenvalue weighted by Crippen LogP contribution is -2.18. The van der Waals surface area contributed by atoms with Gasteiger partial charge in [0, 0.05) is 13.1 Å². The molecule has 0 fully saturated rings. The fourth-order valence-corrected chi connectivity index (χ4v) is 1.52. The van der Waals surface area contributed by atoms with Gasteiger partial charge in [-0.15, -0.1) is 0 Å². The third-order valence-corrected chi connectivity index (χ3v) is 2.26. The van der Waals surface area contributed by atoms with Gasteiger partial charge in [0.2, 0.25) is 5.95 Å². The van der Waals surface area contributed by atoms with Crippen molar-refractivity contribution in [3.63, 3.8) is 0 Å². The van der Waals surface area contributed by atoms with E-state index in [9.17, 15) is 0 Å². The van der Waals surface area contributed by atoms with E-state index in [0.29, 0.717) is 17.5 Å². The monoisotopic (exact) mass is 238 g/mol. The second-order valence-electron chi connectivity index (χ2n) is 3.34. The zero-order valence-corrected chi connectivity index (χ0v) is 9.48. The molecule has 2 aromatic rings. The average Bonchev–Trinajstić information content (AvgIpc) is 2.68. The number of furan rings is 1. The topological polar surface area (TPSA) is 68.2 Å². The number of nitrogens with two attached hydrogens (primary N) is 1. The third kappa shape index (κ3) is 2.43. The predicted molar refractivity (Wildman–Crippen MR) is 62.3 cm³/mol. The van der Waals surface area contributed by atoms with Crippen LogP contribution in [-0.4, -0.2) is 17.0 Å². The van der Waals surface area contributed by atoms with Crippen LogP contribution in [0.25, 0.3) is 0 Å². The molecule has 2 N–H and O–H groups in total. The highest BCUT2D eigenvalue weighted by molar-refractivity contribution is 6.29. The number of nitrogen functional groups attached to an aromatic ring is 1. The highest BCUT2D eigenvalue weighted by Gasteiger charge is 2.07. The lowest BCUT2D eigenvalue weighted by molar-refractivity contribution is 0.507. The Morgan fingerprint density at radius 3 is 2.94 bits per heavy atom. The second-order valence-corrected chi connectivity index (χ2v) is 3.73. The van der Waals surface area contributed by atoms with E-state index < -0.39 is 0 Å². The summed E-state index contributed by atoms with van der Waals surface area (Å²) in [5, 5.41) is 0.328. The van der Waals surface area contributed by atoms with Crippen LogP contribution < -0.4 is 10.6 Å². The molecule has 0 aliphatic rings. The minimum absolute atomic E-state index is 0.161. The number of aromatic nitrogens is 2. The van der Waals surface area contributed by atoms with Crippen LogP contribution in [0.2, 0.25) is 5.15 Å². The second kappa shape index (κ2) is 4.40. The van der Waals surface area contributed by atoms with E-state index in [1.165, 1.54) is 0 Å². The van der Waals surface area contributed by atoms with Crippen molar-refractivity contribution >= 4 is 23.4 Å². The molecule has 0 amide bonds. The molecule has 2 aromatic heterocycles. The van der Waals surface area contributed by atoms with E-state index in [1.807, 2.05) is 24.1 Å². The van der Waals surface area contributed by atoms with E-state index in [-0.39, 0.29) is 5.95 Å². The van der Waals surface area contributed by atoms with Gasteiger partial charge in [0.15, 0.2) is 0 Å². The van der Waals surface area contributed by atoms with Crippen LogP contribution >= 0.6 is 11.6 Å². The first-order valence-electron chi connectivity index (χ1n) is 4.69. The van der Waals surface area contributed by atoms with Gasteiger partial charge in [0.1, 0.15) is 16.7 Å². The van der Waals surface area contributed by atoms with E-state index in [4.69, 9.17) is 21.8 Å². The van der Waals surface area contributed by atoms with Crippen LogP contribution in [0.5, 0.6) is 0 Å². The average molecular weight is 239 g/mol. The van der Waals surface area contributed by atoms with Gasteiger partial charge in [-0.1, -0.05) is 11.6 Å². The van der Waals surface area contributed by atoms with E-state index >= 15 is 0 Å². The van der Waals surface area contributed by atoms with Crippen LogP contribution in [-0.2, 0) is 6.54 Å². The predicted octanol–water partition coefficient (Wildman–Crippen LogP) is 1.94. The molecule has 0 aromatic carbocycles. The molecule has 0 radical (unpaired) electrons. The van der Waals surface area contributed by atoms with Crippen molar-refractivity contribution < 1.29 is 4.42 Å². The Bertz CT molecular complexity index is 451. The van der Waals surface area contributed by atoms with Crippen molar-refractivity contribution in [2.45, 2.75) is 6.54 Å². The first-order chi connectivity index (χ1) is 7.65. The van der Waals surface area contributed by atoms with Gasteiger partial charge in [-0.3, -0.25) is 0 Å². The smallest absolute Gasteiger partial charge is 0.223 e. The summed E-state index contributed by atoms with van der Waals surface area (Å²) < 4.78 is 5.24. The minimum Gasteiger partial charge on any atom is -0.467 e. The lowest BCUT2D eigenvalue weighted by atomic mass is 10.4. The summed E-state index contributed by atoms with van der Waals surface area (Å²) in [6.45, 7) is 0.597. The fourth-order valence-electron chi connectivity index (χ4n) is 1.34. The summed E-state index contributed by atoms with van der Waals surface area (Å²) in [6, 6.07) is 5.38. The molecule has 6 heteroatoms. The van der Waals surface area contributed by atoms with Gasteiger partial charge in [0.25, 0.3) is 0 Å². The zero-order chi connectivity index (χ0) is 11.5. The van der Waals surface area contributed by atoms with Gasteiger partial charge in [-0.05, 0) is 12.1 Å². The van der Waals surface area contributed by atoms with Crippen LogP contribution in [0.4, 0.5) is 11.8 Å². The zero-order valence-electron chi connectivity index (χ0n) is 8.72. The molecule has 0 bridgehead atoms. The SMILES string of the molecule is CN(Cc1ccco1)c1cc(Cl)nc(N)n1. The molecule has 0 unspecified atom stereocenters. The summed E-state index contributed by atoms with van der Waals surface area (Å²) in [4.78, 5) is 9.75. The normalized spacial score (nSPS) is 10.4. The molecule has 5 nitrogen and oxygen atoms in total. The molecule has 2 rings (SSSR count). The summed E-state index contributed by atoms with van der Waals surface area (Å²) >= 11 is 5.79. The number of halogens is 1. The summed E-state index contributed by atoms with van der Waals surface area (Å²) in [7, 11) is 1.88. The Morgan fingerprint density at radius 2 is 2.31 bits per heavy atom. The van der Waals surface area contributed by atoms with Crippen molar-refractivity contribution in [1.29, 1.82) is 0 Å². The number of hydrogen-bond acceptors (Lipinski definition) is 5. The van der Waals surface area contributed by atoms with E-state index in [1.54, 1.807) is 12.3 Å². The maximum absolute atomic E-state index is 5.79. The van der Waals surface area contributed by atoms with Gasteiger partial charge < -0.3 is 15.1 Å². The minimum atomic E-state index is 0.161. The van der Waals surface area contributed by atoms with E-state index in [0.717, 1.165) is 5.76 Å². The molecule has 0 atom stereocenters. The lowest BCUT2D eigenvalue weighted by Gasteiger charge is -2.16. The molecular weight excluding hydrogens is 228 g/mol. The Morgan fingerprint density at radius 1 is 1.50 bits per heavy atom. The summed E-state index contributed by atoms with van der Waals surface area (Å²) in [6.07, 6.45) is 1.63. The van der Waals surface area contributed by atoms with Gasteiger partial charge in [-0.25, -0.2) is 4.98 Å². The van der Waals surface area contributed by atoms with Crippen molar-refractivity contribution in [3.8, 4) is 0 Å². The van der Waals surface area contributed by atoms with Gasteiger partial charge in [0.05, 0.1) is 12.8 Å². The highest BCUT2D eigenvalue weighted by atomic mass is 35.5. The van der Waals surface area contributed by atoms with Crippen LogP contribution in [0.3, 0.4) is 0 Å².